The van der Waals surface area contributed by atoms with Crippen molar-refractivity contribution in [3.8, 4) is 0 Å². The summed E-state index contributed by atoms with van der Waals surface area (Å²) in [6.45, 7) is 1.79. The maximum absolute atomic E-state index is 10.7. The molecule has 3 heteroatoms. The molecule has 0 aliphatic carbocycles. The number of rotatable bonds is 2. The Balaban J connectivity index is 3.21. The first-order valence-electron chi connectivity index (χ1n) is 3.80. The summed E-state index contributed by atoms with van der Waals surface area (Å²) in [7, 11) is 0. The number of aliphatic hydroxyl groups is 1. The number of carboxylic acids is 1. The minimum atomic E-state index is -1.13. The van der Waals surface area contributed by atoms with Crippen LogP contribution in [0, 0.1) is 6.92 Å². The first-order valence-corrected chi connectivity index (χ1v) is 3.80. The molecule has 0 heterocycles. The van der Waals surface area contributed by atoms with Crippen LogP contribution in [-0.4, -0.2) is 16.2 Å². The Morgan fingerprint density at radius 3 is 2.46 bits per heavy atom. The number of aliphatic hydroxyl groups excluding tert-OH is 1. The summed E-state index contributed by atoms with van der Waals surface area (Å²) in [5.41, 5.74) is 1.28. The Labute approximate surface area is 76.0 Å². The van der Waals surface area contributed by atoms with E-state index in [1.807, 2.05) is 6.07 Å². The molecule has 0 saturated heterocycles. The molecule has 3 nitrogen and oxygen atoms in total. The van der Waals surface area contributed by atoms with E-state index in [-0.39, 0.29) is 5.57 Å². The second-order valence-electron chi connectivity index (χ2n) is 2.66. The number of hydrogen-bond donors (Lipinski definition) is 2. The van der Waals surface area contributed by atoms with Gasteiger partial charge in [0.1, 0.15) is 5.57 Å². The summed E-state index contributed by atoms with van der Waals surface area (Å²) < 4.78 is 0. The number of carboxylic acid groups (broad SMARTS) is 1. The number of hydrogen-bond acceptors (Lipinski definition) is 2. The second-order valence-corrected chi connectivity index (χ2v) is 2.66. The van der Waals surface area contributed by atoms with Crippen molar-refractivity contribution in [2.75, 3.05) is 0 Å². The number of benzene rings is 1. The Kier molecular flexibility index (Phi) is 2.69. The fourth-order valence-corrected chi connectivity index (χ4v) is 1.12. The van der Waals surface area contributed by atoms with E-state index in [2.05, 4.69) is 0 Å². The van der Waals surface area contributed by atoms with Crippen LogP contribution < -0.4 is 0 Å². The van der Waals surface area contributed by atoms with Crippen LogP contribution in [0.5, 0.6) is 0 Å². The van der Waals surface area contributed by atoms with Gasteiger partial charge in [-0.25, -0.2) is 4.79 Å². The number of carbonyl (C=O) groups is 1. The van der Waals surface area contributed by atoms with Crippen LogP contribution in [0.2, 0.25) is 0 Å². The third-order valence-corrected chi connectivity index (χ3v) is 1.79. The lowest BCUT2D eigenvalue weighted by Gasteiger charge is -2.03. The van der Waals surface area contributed by atoms with Gasteiger partial charge in [-0.05, 0) is 18.1 Å². The van der Waals surface area contributed by atoms with Gasteiger partial charge in [0.25, 0.3) is 0 Å². The molecule has 0 spiro atoms. The monoisotopic (exact) mass is 178 g/mol. The minimum Gasteiger partial charge on any atom is -0.515 e. The van der Waals surface area contributed by atoms with Gasteiger partial charge in [0, 0.05) is 0 Å². The molecule has 1 aromatic carbocycles. The topological polar surface area (TPSA) is 57.5 Å². The standard InChI is InChI=1S/C10H10O3/c1-7-4-2-3-5-8(7)9(6-11)10(12)13/h2-6,11H,1H3,(H,12,13). The van der Waals surface area contributed by atoms with Gasteiger partial charge in [-0.2, -0.15) is 0 Å². The Morgan fingerprint density at radius 2 is 2.00 bits per heavy atom. The van der Waals surface area contributed by atoms with Crippen molar-refractivity contribution in [3.05, 3.63) is 41.7 Å². The maximum atomic E-state index is 10.7. The molecule has 2 N–H and O–H groups in total. The Morgan fingerprint density at radius 1 is 1.38 bits per heavy atom. The van der Waals surface area contributed by atoms with E-state index in [1.54, 1.807) is 25.1 Å². The molecule has 0 atom stereocenters. The van der Waals surface area contributed by atoms with E-state index in [0.717, 1.165) is 5.56 Å². The van der Waals surface area contributed by atoms with E-state index in [9.17, 15) is 4.79 Å². The highest BCUT2D eigenvalue weighted by Gasteiger charge is 2.11. The fourth-order valence-electron chi connectivity index (χ4n) is 1.12. The molecule has 0 unspecified atom stereocenters. The van der Waals surface area contributed by atoms with Crippen molar-refractivity contribution in [2.45, 2.75) is 6.92 Å². The minimum absolute atomic E-state index is 0.0851. The van der Waals surface area contributed by atoms with Crippen LogP contribution >= 0.6 is 0 Å². The predicted octanol–water partition coefficient (Wildman–Crippen LogP) is 1.98. The van der Waals surface area contributed by atoms with Crippen LogP contribution in [0.25, 0.3) is 5.57 Å². The average molecular weight is 178 g/mol. The third-order valence-electron chi connectivity index (χ3n) is 1.79. The molecular weight excluding hydrogens is 168 g/mol. The number of aliphatic carboxylic acids is 1. The van der Waals surface area contributed by atoms with E-state index < -0.39 is 5.97 Å². The van der Waals surface area contributed by atoms with Crippen molar-refractivity contribution < 1.29 is 15.0 Å². The molecular formula is C10H10O3. The van der Waals surface area contributed by atoms with Crippen LogP contribution in [0.1, 0.15) is 11.1 Å². The predicted molar refractivity (Wildman–Crippen MR) is 49.4 cm³/mol. The Bertz CT molecular complexity index is 353. The molecule has 13 heavy (non-hydrogen) atoms. The first kappa shape index (κ1) is 9.32. The average Bonchev–Trinajstić information content (AvgIpc) is 2.09. The second kappa shape index (κ2) is 3.76. The molecule has 0 bridgehead atoms. The zero-order chi connectivity index (χ0) is 9.84. The van der Waals surface area contributed by atoms with Crippen LogP contribution in [0.3, 0.4) is 0 Å². The Hall–Kier alpha value is -1.77. The van der Waals surface area contributed by atoms with Crippen LogP contribution in [-0.2, 0) is 4.79 Å². The fraction of sp³-hybridized carbons (Fsp3) is 0.100. The smallest absolute Gasteiger partial charge is 0.339 e. The van der Waals surface area contributed by atoms with Crippen molar-refractivity contribution in [1.29, 1.82) is 0 Å². The number of aryl methyl sites for hydroxylation is 1. The first-order chi connectivity index (χ1) is 6.16. The van der Waals surface area contributed by atoms with Crippen molar-refractivity contribution >= 4 is 11.5 Å². The van der Waals surface area contributed by atoms with Gasteiger partial charge in [-0.1, -0.05) is 24.3 Å². The maximum Gasteiger partial charge on any atom is 0.339 e. The molecule has 0 aliphatic heterocycles. The highest BCUT2D eigenvalue weighted by atomic mass is 16.4. The largest absolute Gasteiger partial charge is 0.515 e. The zero-order valence-corrected chi connectivity index (χ0v) is 7.19. The van der Waals surface area contributed by atoms with Crippen LogP contribution in [0.15, 0.2) is 30.5 Å². The molecule has 0 radical (unpaired) electrons. The lowest BCUT2D eigenvalue weighted by Crippen LogP contribution is -2.01. The lowest BCUT2D eigenvalue weighted by molar-refractivity contribution is -0.130. The summed E-state index contributed by atoms with van der Waals surface area (Å²) >= 11 is 0. The van der Waals surface area contributed by atoms with Crippen molar-refractivity contribution in [3.63, 3.8) is 0 Å². The SMILES string of the molecule is Cc1ccccc1C(=CO)C(=O)O. The zero-order valence-electron chi connectivity index (χ0n) is 7.19. The molecule has 1 aromatic rings. The van der Waals surface area contributed by atoms with Gasteiger partial charge >= 0.3 is 5.97 Å². The molecule has 0 aliphatic rings. The summed E-state index contributed by atoms with van der Waals surface area (Å²) in [5.74, 6) is -1.13. The summed E-state index contributed by atoms with van der Waals surface area (Å²) in [5, 5.41) is 17.5. The van der Waals surface area contributed by atoms with Gasteiger partial charge in [-0.3, -0.25) is 0 Å². The molecule has 68 valence electrons. The summed E-state index contributed by atoms with van der Waals surface area (Å²) in [6, 6.07) is 7.00. The van der Waals surface area contributed by atoms with Crippen molar-refractivity contribution in [2.24, 2.45) is 0 Å². The molecule has 1 rings (SSSR count). The third kappa shape index (κ3) is 1.87. The quantitative estimate of drug-likeness (QED) is 0.537. The summed E-state index contributed by atoms with van der Waals surface area (Å²) in [6.07, 6.45) is 0.616. The highest BCUT2D eigenvalue weighted by Crippen LogP contribution is 2.17. The highest BCUT2D eigenvalue weighted by molar-refractivity contribution is 6.15. The van der Waals surface area contributed by atoms with E-state index in [0.29, 0.717) is 11.8 Å². The lowest BCUT2D eigenvalue weighted by atomic mass is 10.0. The van der Waals surface area contributed by atoms with Gasteiger partial charge in [-0.15, -0.1) is 0 Å². The van der Waals surface area contributed by atoms with E-state index in [4.69, 9.17) is 10.2 Å². The molecule has 0 fully saturated rings. The van der Waals surface area contributed by atoms with E-state index in [1.165, 1.54) is 0 Å². The van der Waals surface area contributed by atoms with Gasteiger partial charge in [0.15, 0.2) is 0 Å². The molecule has 0 aromatic heterocycles. The summed E-state index contributed by atoms with van der Waals surface area (Å²) in [4.78, 5) is 10.7. The van der Waals surface area contributed by atoms with Gasteiger partial charge in [0.05, 0.1) is 6.26 Å². The van der Waals surface area contributed by atoms with Crippen molar-refractivity contribution in [1.82, 2.24) is 0 Å². The van der Waals surface area contributed by atoms with Crippen LogP contribution in [0.4, 0.5) is 0 Å². The van der Waals surface area contributed by atoms with Gasteiger partial charge < -0.3 is 10.2 Å². The molecule has 0 amide bonds. The normalized spacial score (nSPS) is 11.3. The van der Waals surface area contributed by atoms with Gasteiger partial charge in [0.2, 0.25) is 0 Å². The molecule has 0 saturated carbocycles. The van der Waals surface area contributed by atoms with E-state index >= 15 is 0 Å².